The minimum Gasteiger partial charge on any atom is -0.481 e. The first-order valence-corrected chi connectivity index (χ1v) is 6.54. The predicted molar refractivity (Wildman–Crippen MR) is 66.5 cm³/mol. The smallest absolute Gasteiger partial charge is 0.314 e. The van der Waals surface area contributed by atoms with Crippen molar-refractivity contribution in [1.82, 2.24) is 0 Å². The highest BCUT2D eigenvalue weighted by atomic mass is 79.9. The van der Waals surface area contributed by atoms with E-state index >= 15 is 0 Å². The van der Waals surface area contributed by atoms with Crippen LogP contribution in [-0.4, -0.2) is 11.1 Å². The molecule has 1 aromatic rings. The molecule has 0 saturated heterocycles. The summed E-state index contributed by atoms with van der Waals surface area (Å²) in [4.78, 5) is 11.6. The van der Waals surface area contributed by atoms with Crippen molar-refractivity contribution in [3.8, 4) is 0 Å². The van der Waals surface area contributed by atoms with Gasteiger partial charge in [0.25, 0.3) is 0 Å². The Labute approximate surface area is 108 Å². The summed E-state index contributed by atoms with van der Waals surface area (Å²) in [5.41, 5.74) is -0.344. The molecule has 2 nitrogen and oxygen atoms in total. The molecule has 0 amide bonds. The van der Waals surface area contributed by atoms with Gasteiger partial charge in [-0.3, -0.25) is 4.79 Å². The minimum atomic E-state index is -0.917. The zero-order valence-electron chi connectivity index (χ0n) is 9.38. The second kappa shape index (κ2) is 4.77. The van der Waals surface area contributed by atoms with Gasteiger partial charge in [0.2, 0.25) is 0 Å². The first-order valence-electron chi connectivity index (χ1n) is 5.75. The van der Waals surface area contributed by atoms with E-state index in [9.17, 15) is 14.3 Å². The van der Waals surface area contributed by atoms with Gasteiger partial charge in [0.1, 0.15) is 5.82 Å². The molecule has 1 aliphatic carbocycles. The zero-order chi connectivity index (χ0) is 12.5. The molecule has 0 atom stereocenters. The highest BCUT2D eigenvalue weighted by molar-refractivity contribution is 9.10. The van der Waals surface area contributed by atoms with E-state index in [4.69, 9.17) is 0 Å². The molecule has 0 aliphatic heterocycles. The Balaban J connectivity index is 2.52. The predicted octanol–water partition coefficient (Wildman–Crippen LogP) is 3.87. The molecule has 1 aliphatic rings. The van der Waals surface area contributed by atoms with E-state index in [-0.39, 0.29) is 5.82 Å². The first kappa shape index (κ1) is 12.6. The quantitative estimate of drug-likeness (QED) is 0.900. The van der Waals surface area contributed by atoms with Crippen molar-refractivity contribution in [2.75, 3.05) is 0 Å². The van der Waals surface area contributed by atoms with Crippen LogP contribution in [0.15, 0.2) is 22.7 Å². The highest BCUT2D eigenvalue weighted by Crippen LogP contribution is 2.42. The van der Waals surface area contributed by atoms with E-state index < -0.39 is 11.4 Å². The molecule has 92 valence electrons. The standard InChI is InChI=1S/C13H14BrFO2/c14-11-5-4-9(15)8-10(11)13(12(16)17)6-2-1-3-7-13/h4-5,8H,1-3,6-7H2,(H,16,17). The lowest BCUT2D eigenvalue weighted by molar-refractivity contribution is -0.145. The lowest BCUT2D eigenvalue weighted by Crippen LogP contribution is -2.38. The van der Waals surface area contributed by atoms with Gasteiger partial charge in [0.05, 0.1) is 5.41 Å². The molecule has 4 heteroatoms. The molecule has 0 radical (unpaired) electrons. The van der Waals surface area contributed by atoms with Crippen molar-refractivity contribution in [3.05, 3.63) is 34.1 Å². The summed E-state index contributed by atoms with van der Waals surface area (Å²) in [5.74, 6) is -1.22. The summed E-state index contributed by atoms with van der Waals surface area (Å²) in [5, 5.41) is 9.51. The molecular weight excluding hydrogens is 287 g/mol. The maximum Gasteiger partial charge on any atom is 0.314 e. The number of aliphatic carboxylic acids is 1. The van der Waals surface area contributed by atoms with Crippen LogP contribution >= 0.6 is 15.9 Å². The van der Waals surface area contributed by atoms with Crippen LogP contribution in [0.1, 0.15) is 37.7 Å². The summed E-state index contributed by atoms with van der Waals surface area (Å²) in [6.07, 6.45) is 4.00. The van der Waals surface area contributed by atoms with E-state index in [0.29, 0.717) is 22.9 Å². The zero-order valence-corrected chi connectivity index (χ0v) is 11.0. The number of carboxylic acid groups (broad SMARTS) is 1. The van der Waals surface area contributed by atoms with Crippen LogP contribution < -0.4 is 0 Å². The van der Waals surface area contributed by atoms with Crippen molar-refractivity contribution in [2.45, 2.75) is 37.5 Å². The number of carbonyl (C=O) groups is 1. The van der Waals surface area contributed by atoms with Crippen molar-refractivity contribution in [1.29, 1.82) is 0 Å². The molecule has 1 fully saturated rings. The maximum atomic E-state index is 13.3. The van der Waals surface area contributed by atoms with Gasteiger partial charge in [-0.1, -0.05) is 35.2 Å². The summed E-state index contributed by atoms with van der Waals surface area (Å²) in [6, 6.07) is 4.28. The van der Waals surface area contributed by atoms with Crippen LogP contribution in [0.25, 0.3) is 0 Å². The molecule has 0 spiro atoms. The average Bonchev–Trinajstić information content (AvgIpc) is 2.33. The molecule has 1 saturated carbocycles. The summed E-state index contributed by atoms with van der Waals surface area (Å²) >= 11 is 3.34. The highest BCUT2D eigenvalue weighted by Gasteiger charge is 2.42. The largest absolute Gasteiger partial charge is 0.481 e. The van der Waals surface area contributed by atoms with Gasteiger partial charge in [-0.2, -0.15) is 0 Å². The molecule has 1 N–H and O–H groups in total. The van der Waals surface area contributed by atoms with E-state index in [1.807, 2.05) is 0 Å². The molecular formula is C13H14BrFO2. The van der Waals surface area contributed by atoms with E-state index in [2.05, 4.69) is 15.9 Å². The summed E-state index contributed by atoms with van der Waals surface area (Å²) < 4.78 is 14.0. The third-order valence-corrected chi connectivity index (χ3v) is 4.25. The molecule has 2 rings (SSSR count). The second-order valence-electron chi connectivity index (χ2n) is 4.57. The van der Waals surface area contributed by atoms with Crippen LogP contribution in [0.3, 0.4) is 0 Å². The molecule has 0 aromatic heterocycles. The second-order valence-corrected chi connectivity index (χ2v) is 5.43. The first-order chi connectivity index (χ1) is 8.06. The number of hydrogen-bond donors (Lipinski definition) is 1. The Morgan fingerprint density at radius 2 is 1.94 bits per heavy atom. The van der Waals surface area contributed by atoms with Crippen molar-refractivity contribution >= 4 is 21.9 Å². The SMILES string of the molecule is O=C(O)C1(c2cc(F)ccc2Br)CCCCC1. The number of hydrogen-bond acceptors (Lipinski definition) is 1. The normalized spacial score (nSPS) is 18.9. The summed E-state index contributed by atoms with van der Waals surface area (Å²) in [6.45, 7) is 0. The Kier molecular flexibility index (Phi) is 3.52. The Morgan fingerprint density at radius 1 is 1.29 bits per heavy atom. The molecule has 0 heterocycles. The fraction of sp³-hybridized carbons (Fsp3) is 0.462. The lowest BCUT2D eigenvalue weighted by Gasteiger charge is -2.34. The lowest BCUT2D eigenvalue weighted by atomic mass is 9.69. The Morgan fingerprint density at radius 3 is 2.53 bits per heavy atom. The molecule has 0 unspecified atom stereocenters. The molecule has 1 aromatic carbocycles. The number of halogens is 2. The number of rotatable bonds is 2. The van der Waals surface area contributed by atoms with Crippen molar-refractivity contribution < 1.29 is 14.3 Å². The van der Waals surface area contributed by atoms with E-state index in [1.165, 1.54) is 12.1 Å². The van der Waals surface area contributed by atoms with Crippen LogP contribution in [0.2, 0.25) is 0 Å². The number of carboxylic acids is 1. The van der Waals surface area contributed by atoms with Gasteiger partial charge in [-0.25, -0.2) is 4.39 Å². The minimum absolute atomic E-state index is 0.380. The fourth-order valence-electron chi connectivity index (χ4n) is 2.62. The average molecular weight is 301 g/mol. The molecule has 0 bridgehead atoms. The molecule has 17 heavy (non-hydrogen) atoms. The third kappa shape index (κ3) is 2.23. The van der Waals surface area contributed by atoms with Crippen LogP contribution in [0, 0.1) is 5.82 Å². The maximum absolute atomic E-state index is 13.3. The van der Waals surface area contributed by atoms with Gasteiger partial charge in [0, 0.05) is 4.47 Å². The van der Waals surface area contributed by atoms with Gasteiger partial charge < -0.3 is 5.11 Å². The Hall–Kier alpha value is -0.900. The van der Waals surface area contributed by atoms with Gasteiger partial charge in [-0.05, 0) is 36.6 Å². The number of benzene rings is 1. The van der Waals surface area contributed by atoms with Gasteiger partial charge in [0.15, 0.2) is 0 Å². The van der Waals surface area contributed by atoms with Crippen LogP contribution in [0.4, 0.5) is 4.39 Å². The third-order valence-electron chi connectivity index (χ3n) is 3.56. The Bertz CT molecular complexity index is 439. The monoisotopic (exact) mass is 300 g/mol. The topological polar surface area (TPSA) is 37.3 Å². The van der Waals surface area contributed by atoms with Crippen LogP contribution in [-0.2, 0) is 10.2 Å². The van der Waals surface area contributed by atoms with Gasteiger partial charge >= 0.3 is 5.97 Å². The van der Waals surface area contributed by atoms with Gasteiger partial charge in [-0.15, -0.1) is 0 Å². The van der Waals surface area contributed by atoms with E-state index in [0.717, 1.165) is 19.3 Å². The van der Waals surface area contributed by atoms with Crippen molar-refractivity contribution in [2.24, 2.45) is 0 Å². The van der Waals surface area contributed by atoms with E-state index in [1.54, 1.807) is 6.07 Å². The summed E-state index contributed by atoms with van der Waals surface area (Å²) in [7, 11) is 0. The van der Waals surface area contributed by atoms with Crippen LogP contribution in [0.5, 0.6) is 0 Å². The fourth-order valence-corrected chi connectivity index (χ4v) is 3.24. The van der Waals surface area contributed by atoms with Crippen molar-refractivity contribution in [3.63, 3.8) is 0 Å².